The zero-order valence-corrected chi connectivity index (χ0v) is 16.9. The van der Waals surface area contributed by atoms with Crippen LogP contribution in [0, 0.1) is 0 Å². The van der Waals surface area contributed by atoms with Crippen LogP contribution in [0.1, 0.15) is 45.6 Å². The van der Waals surface area contributed by atoms with E-state index in [1.807, 2.05) is 26.1 Å². The molecule has 2 aromatic rings. The third-order valence-corrected chi connectivity index (χ3v) is 4.82. The summed E-state index contributed by atoms with van der Waals surface area (Å²) < 4.78 is 7.53. The van der Waals surface area contributed by atoms with Crippen molar-refractivity contribution in [2.75, 3.05) is 18.9 Å². The second-order valence-corrected chi connectivity index (χ2v) is 7.65. The van der Waals surface area contributed by atoms with Gasteiger partial charge in [0.2, 0.25) is 5.91 Å². The molecule has 0 radical (unpaired) electrons. The maximum atomic E-state index is 12.0. The fraction of sp³-hybridized carbons (Fsp3) is 0.500. The Hall–Kier alpha value is -1.79. The van der Waals surface area contributed by atoms with Crippen LogP contribution in [0.3, 0.4) is 0 Å². The molecule has 142 valence electrons. The van der Waals surface area contributed by atoms with Gasteiger partial charge in [-0.05, 0) is 37.8 Å². The molecule has 1 aromatic carbocycles. The quantitative estimate of drug-likeness (QED) is 0.503. The Morgan fingerprint density at radius 3 is 2.77 bits per heavy atom. The highest BCUT2D eigenvalue weighted by Crippen LogP contribution is 2.27. The second-order valence-electron chi connectivity index (χ2n) is 6.71. The number of imidazole rings is 1. The molecule has 0 aliphatic rings. The zero-order valence-electron chi connectivity index (χ0n) is 16.1. The Morgan fingerprint density at radius 2 is 2.04 bits per heavy atom. The van der Waals surface area contributed by atoms with Crippen molar-refractivity contribution in [2.24, 2.45) is 0 Å². The normalized spacial score (nSPS) is 11.3. The largest absolute Gasteiger partial charge is 0.379 e. The summed E-state index contributed by atoms with van der Waals surface area (Å²) in [7, 11) is 0. The molecule has 0 spiro atoms. The molecule has 0 bridgehead atoms. The summed E-state index contributed by atoms with van der Waals surface area (Å²) in [6.07, 6.45) is 4.78. The molecule has 1 aromatic heterocycles. The Bertz CT molecular complexity index is 698. The Labute approximate surface area is 160 Å². The van der Waals surface area contributed by atoms with Crippen molar-refractivity contribution in [2.45, 2.75) is 51.3 Å². The lowest BCUT2D eigenvalue weighted by Crippen LogP contribution is -2.27. The molecule has 0 fully saturated rings. The van der Waals surface area contributed by atoms with Crippen LogP contribution in [0.2, 0.25) is 0 Å². The van der Waals surface area contributed by atoms with Crippen molar-refractivity contribution in [3.05, 3.63) is 42.2 Å². The van der Waals surface area contributed by atoms with Gasteiger partial charge in [-0.25, -0.2) is 4.98 Å². The number of para-hydroxylation sites is 1. The van der Waals surface area contributed by atoms with Crippen LogP contribution in [-0.4, -0.2) is 40.5 Å². The number of hydrogen-bond donors (Lipinski definition) is 1. The molecule has 2 rings (SSSR count). The lowest BCUT2D eigenvalue weighted by molar-refractivity contribution is -0.118. The SMILES string of the molecule is CC(C)OCCCNC(=O)CSc1nccn1-c1ccccc1C(C)C. The number of nitrogens with zero attached hydrogens (tertiary/aromatic N) is 2. The van der Waals surface area contributed by atoms with E-state index in [0.717, 1.165) is 17.3 Å². The maximum absolute atomic E-state index is 12.0. The molecule has 1 amide bonds. The van der Waals surface area contributed by atoms with Crippen LogP contribution in [0.25, 0.3) is 5.69 Å². The van der Waals surface area contributed by atoms with Gasteiger partial charge in [0.1, 0.15) is 0 Å². The van der Waals surface area contributed by atoms with Crippen molar-refractivity contribution in [3.8, 4) is 5.69 Å². The second kappa shape index (κ2) is 10.4. The van der Waals surface area contributed by atoms with Crippen LogP contribution >= 0.6 is 11.8 Å². The third kappa shape index (κ3) is 6.18. The van der Waals surface area contributed by atoms with Crippen LogP contribution in [0.5, 0.6) is 0 Å². The van der Waals surface area contributed by atoms with Crippen molar-refractivity contribution in [1.29, 1.82) is 0 Å². The topological polar surface area (TPSA) is 56.1 Å². The van der Waals surface area contributed by atoms with Crippen LogP contribution < -0.4 is 5.32 Å². The predicted octanol–water partition coefficient (Wildman–Crippen LogP) is 4.02. The van der Waals surface area contributed by atoms with E-state index in [1.54, 1.807) is 6.20 Å². The van der Waals surface area contributed by atoms with Gasteiger partial charge in [0.15, 0.2) is 5.16 Å². The summed E-state index contributed by atoms with van der Waals surface area (Å²) in [5.41, 5.74) is 2.38. The number of aromatic nitrogens is 2. The molecule has 0 aliphatic heterocycles. The summed E-state index contributed by atoms with van der Waals surface area (Å²) in [5, 5.41) is 3.76. The molecule has 1 N–H and O–H groups in total. The Kier molecular flexibility index (Phi) is 8.19. The smallest absolute Gasteiger partial charge is 0.230 e. The van der Waals surface area contributed by atoms with E-state index in [0.29, 0.717) is 24.8 Å². The van der Waals surface area contributed by atoms with E-state index in [1.165, 1.54) is 17.3 Å². The summed E-state index contributed by atoms with van der Waals surface area (Å²) in [6.45, 7) is 9.68. The number of amides is 1. The van der Waals surface area contributed by atoms with Gasteiger partial charge in [0, 0.05) is 25.5 Å². The van der Waals surface area contributed by atoms with E-state index in [-0.39, 0.29) is 12.0 Å². The number of benzene rings is 1. The van der Waals surface area contributed by atoms with Gasteiger partial charge in [-0.3, -0.25) is 9.36 Å². The minimum atomic E-state index is 0.0197. The maximum Gasteiger partial charge on any atom is 0.230 e. The van der Waals surface area contributed by atoms with Gasteiger partial charge >= 0.3 is 0 Å². The zero-order chi connectivity index (χ0) is 18.9. The molecule has 0 saturated heterocycles. The molecule has 5 nitrogen and oxygen atoms in total. The summed E-state index contributed by atoms with van der Waals surface area (Å²) in [5.74, 6) is 0.792. The number of carbonyl (C=O) groups is 1. The first-order chi connectivity index (χ1) is 12.5. The van der Waals surface area contributed by atoms with Gasteiger partial charge in [-0.1, -0.05) is 43.8 Å². The molecule has 0 saturated carbocycles. The number of nitrogens with one attached hydrogen (secondary N) is 1. The van der Waals surface area contributed by atoms with E-state index < -0.39 is 0 Å². The van der Waals surface area contributed by atoms with E-state index >= 15 is 0 Å². The molecule has 0 aliphatic carbocycles. The van der Waals surface area contributed by atoms with Crippen molar-refractivity contribution < 1.29 is 9.53 Å². The number of thioether (sulfide) groups is 1. The summed E-state index contributed by atoms with van der Waals surface area (Å²) >= 11 is 1.45. The lowest BCUT2D eigenvalue weighted by atomic mass is 10.0. The first-order valence-electron chi connectivity index (χ1n) is 9.12. The molecular formula is C20H29N3O2S. The molecule has 26 heavy (non-hydrogen) atoms. The van der Waals surface area contributed by atoms with Gasteiger partial charge in [-0.15, -0.1) is 0 Å². The van der Waals surface area contributed by atoms with Crippen molar-refractivity contribution in [1.82, 2.24) is 14.9 Å². The van der Waals surface area contributed by atoms with Gasteiger partial charge in [-0.2, -0.15) is 0 Å². The molecular weight excluding hydrogens is 346 g/mol. The van der Waals surface area contributed by atoms with Gasteiger partial charge in [0.05, 0.1) is 17.5 Å². The monoisotopic (exact) mass is 375 g/mol. The highest BCUT2D eigenvalue weighted by Gasteiger charge is 2.13. The number of carbonyl (C=O) groups excluding carboxylic acids is 1. The first-order valence-corrected chi connectivity index (χ1v) is 10.1. The van der Waals surface area contributed by atoms with Gasteiger partial charge in [0.25, 0.3) is 0 Å². The minimum absolute atomic E-state index is 0.0197. The van der Waals surface area contributed by atoms with Gasteiger partial charge < -0.3 is 10.1 Å². The van der Waals surface area contributed by atoms with Crippen LogP contribution in [-0.2, 0) is 9.53 Å². The fourth-order valence-electron chi connectivity index (χ4n) is 2.58. The standard InChI is InChI=1S/C20H29N3O2S/c1-15(2)17-8-5-6-9-18(17)23-12-11-22-20(23)26-14-19(24)21-10-7-13-25-16(3)4/h5-6,8-9,11-12,15-16H,7,10,13-14H2,1-4H3,(H,21,24). The van der Waals surface area contributed by atoms with Crippen molar-refractivity contribution >= 4 is 17.7 Å². The number of rotatable bonds is 10. The lowest BCUT2D eigenvalue weighted by Gasteiger charge is -2.15. The van der Waals surface area contributed by atoms with Crippen LogP contribution in [0.4, 0.5) is 0 Å². The highest BCUT2D eigenvalue weighted by atomic mass is 32.2. The van der Waals surface area contributed by atoms with E-state index in [4.69, 9.17) is 4.74 Å². The Morgan fingerprint density at radius 1 is 1.27 bits per heavy atom. The third-order valence-electron chi connectivity index (χ3n) is 3.85. The highest BCUT2D eigenvalue weighted by molar-refractivity contribution is 7.99. The number of hydrogen-bond acceptors (Lipinski definition) is 4. The Balaban J connectivity index is 1.89. The van der Waals surface area contributed by atoms with Crippen molar-refractivity contribution in [3.63, 3.8) is 0 Å². The molecule has 6 heteroatoms. The molecule has 1 heterocycles. The minimum Gasteiger partial charge on any atom is -0.379 e. The van der Waals surface area contributed by atoms with E-state index in [2.05, 4.69) is 46.9 Å². The average Bonchev–Trinajstić information content (AvgIpc) is 3.07. The summed E-state index contributed by atoms with van der Waals surface area (Å²) in [4.78, 5) is 16.5. The first kappa shape index (κ1) is 20.5. The fourth-order valence-corrected chi connectivity index (χ4v) is 3.37. The number of ether oxygens (including phenoxy) is 1. The predicted molar refractivity (Wildman–Crippen MR) is 107 cm³/mol. The van der Waals surface area contributed by atoms with Crippen LogP contribution in [0.15, 0.2) is 41.8 Å². The summed E-state index contributed by atoms with van der Waals surface area (Å²) in [6, 6.07) is 8.32. The van der Waals surface area contributed by atoms with E-state index in [9.17, 15) is 4.79 Å². The molecule has 0 atom stereocenters. The molecule has 0 unspecified atom stereocenters. The average molecular weight is 376 g/mol.